The molecule has 2 aromatic carbocycles. The molecule has 0 aliphatic carbocycles. The first kappa shape index (κ1) is 12.8. The molecule has 1 aromatic heterocycles. The predicted octanol–water partition coefficient (Wildman–Crippen LogP) is 4.31. The summed E-state index contributed by atoms with van der Waals surface area (Å²) in [5.41, 5.74) is 2.53. The number of Topliss-reactive ketones (excluding diaryl/α,β-unsaturated/α-hetero) is 1. The molecule has 0 amide bonds. The lowest BCUT2D eigenvalue weighted by atomic mass is 10.0. The first-order valence-electron chi connectivity index (χ1n) is 6.35. The fourth-order valence-electron chi connectivity index (χ4n) is 2.25. The number of hydrogen-bond donors (Lipinski definition) is 0. The van der Waals surface area contributed by atoms with Crippen LogP contribution in [0.5, 0.6) is 0 Å². The van der Waals surface area contributed by atoms with Crippen molar-refractivity contribution in [3.63, 3.8) is 0 Å². The van der Waals surface area contributed by atoms with Crippen LogP contribution in [0.25, 0.3) is 10.9 Å². The van der Waals surface area contributed by atoms with Gasteiger partial charge in [-0.2, -0.15) is 0 Å². The fourth-order valence-corrected chi connectivity index (χ4v) is 2.44. The standard InChI is InChI=1S/C17H12ClNO/c18-14-5-3-4-13(10-14)17(20)11-12-8-9-19-16-7-2-1-6-15(12)16/h1-10H,11H2. The second-order valence-electron chi connectivity index (χ2n) is 4.60. The Morgan fingerprint density at radius 1 is 1.05 bits per heavy atom. The van der Waals surface area contributed by atoms with Crippen LogP contribution in [0, 0.1) is 0 Å². The molecule has 3 heteroatoms. The van der Waals surface area contributed by atoms with E-state index in [0.29, 0.717) is 17.0 Å². The molecule has 3 rings (SSSR count). The van der Waals surface area contributed by atoms with E-state index in [1.807, 2.05) is 30.3 Å². The van der Waals surface area contributed by atoms with E-state index in [2.05, 4.69) is 4.98 Å². The molecule has 0 unspecified atom stereocenters. The van der Waals surface area contributed by atoms with Crippen LogP contribution in [-0.4, -0.2) is 10.8 Å². The summed E-state index contributed by atoms with van der Waals surface area (Å²) in [5.74, 6) is 0.0591. The van der Waals surface area contributed by atoms with E-state index in [1.165, 1.54) is 0 Å². The number of para-hydroxylation sites is 1. The molecule has 0 saturated carbocycles. The second-order valence-corrected chi connectivity index (χ2v) is 5.03. The highest BCUT2D eigenvalue weighted by atomic mass is 35.5. The zero-order valence-corrected chi connectivity index (χ0v) is 11.5. The average molecular weight is 282 g/mol. The molecule has 0 radical (unpaired) electrons. The molecule has 3 aromatic rings. The van der Waals surface area contributed by atoms with Gasteiger partial charge in [-0.1, -0.05) is 41.9 Å². The molecule has 0 spiro atoms. The van der Waals surface area contributed by atoms with Gasteiger partial charge in [-0.15, -0.1) is 0 Å². The minimum Gasteiger partial charge on any atom is -0.294 e. The summed E-state index contributed by atoms with van der Waals surface area (Å²) in [6.07, 6.45) is 2.09. The molecule has 20 heavy (non-hydrogen) atoms. The van der Waals surface area contributed by atoms with E-state index >= 15 is 0 Å². The number of pyridine rings is 1. The van der Waals surface area contributed by atoms with Gasteiger partial charge in [-0.25, -0.2) is 0 Å². The van der Waals surface area contributed by atoms with Gasteiger partial charge in [0.1, 0.15) is 0 Å². The maximum Gasteiger partial charge on any atom is 0.167 e. The molecular formula is C17H12ClNO. The molecular weight excluding hydrogens is 270 g/mol. The number of ketones is 1. The van der Waals surface area contributed by atoms with Crippen LogP contribution in [0.15, 0.2) is 60.8 Å². The normalized spacial score (nSPS) is 10.7. The molecule has 0 atom stereocenters. The van der Waals surface area contributed by atoms with Crippen LogP contribution in [0.4, 0.5) is 0 Å². The third-order valence-electron chi connectivity index (χ3n) is 3.24. The van der Waals surface area contributed by atoms with Crippen molar-refractivity contribution < 1.29 is 4.79 Å². The zero-order valence-electron chi connectivity index (χ0n) is 10.7. The molecule has 2 nitrogen and oxygen atoms in total. The summed E-state index contributed by atoms with van der Waals surface area (Å²) < 4.78 is 0. The Kier molecular flexibility index (Phi) is 3.48. The number of hydrogen-bond acceptors (Lipinski definition) is 2. The van der Waals surface area contributed by atoms with Gasteiger partial charge in [0.25, 0.3) is 0 Å². The molecule has 98 valence electrons. The van der Waals surface area contributed by atoms with E-state index in [0.717, 1.165) is 16.5 Å². The Morgan fingerprint density at radius 2 is 1.90 bits per heavy atom. The molecule has 0 N–H and O–H groups in total. The fraction of sp³-hybridized carbons (Fsp3) is 0.0588. The van der Waals surface area contributed by atoms with Crippen LogP contribution in [0.3, 0.4) is 0 Å². The van der Waals surface area contributed by atoms with Gasteiger partial charge in [-0.05, 0) is 29.8 Å². The number of fused-ring (bicyclic) bond motifs is 1. The van der Waals surface area contributed by atoms with Crippen LogP contribution in [0.2, 0.25) is 5.02 Å². The number of rotatable bonds is 3. The summed E-state index contributed by atoms with van der Waals surface area (Å²) in [6.45, 7) is 0. The minimum absolute atomic E-state index is 0.0591. The van der Waals surface area contributed by atoms with Gasteiger partial charge < -0.3 is 0 Å². The minimum atomic E-state index is 0.0591. The lowest BCUT2D eigenvalue weighted by Crippen LogP contribution is -2.04. The lowest BCUT2D eigenvalue weighted by Gasteiger charge is -2.05. The molecule has 0 saturated heterocycles. The van der Waals surface area contributed by atoms with Crippen molar-refractivity contribution in [2.45, 2.75) is 6.42 Å². The summed E-state index contributed by atoms with van der Waals surface area (Å²) in [7, 11) is 0. The van der Waals surface area contributed by atoms with Crippen LogP contribution in [0.1, 0.15) is 15.9 Å². The molecule has 0 fully saturated rings. The smallest absolute Gasteiger partial charge is 0.167 e. The Labute approximate surface area is 122 Å². The van der Waals surface area contributed by atoms with Crippen molar-refractivity contribution in [3.8, 4) is 0 Å². The van der Waals surface area contributed by atoms with Gasteiger partial charge in [0.05, 0.1) is 5.52 Å². The highest BCUT2D eigenvalue weighted by Gasteiger charge is 2.10. The van der Waals surface area contributed by atoms with Crippen molar-refractivity contribution in [1.29, 1.82) is 0 Å². The van der Waals surface area contributed by atoms with Crippen molar-refractivity contribution >= 4 is 28.3 Å². The van der Waals surface area contributed by atoms with Crippen molar-refractivity contribution in [2.75, 3.05) is 0 Å². The Morgan fingerprint density at radius 3 is 2.75 bits per heavy atom. The van der Waals surface area contributed by atoms with E-state index < -0.39 is 0 Å². The summed E-state index contributed by atoms with van der Waals surface area (Å²) in [6, 6.07) is 16.8. The molecule has 1 heterocycles. The van der Waals surface area contributed by atoms with Crippen molar-refractivity contribution in [2.24, 2.45) is 0 Å². The number of halogens is 1. The van der Waals surface area contributed by atoms with Crippen molar-refractivity contribution in [3.05, 3.63) is 76.9 Å². The molecule has 0 bridgehead atoms. The third kappa shape index (κ3) is 2.56. The first-order chi connectivity index (χ1) is 9.74. The second kappa shape index (κ2) is 5.43. The SMILES string of the molecule is O=C(Cc1ccnc2ccccc12)c1cccc(Cl)c1. The van der Waals surface area contributed by atoms with Gasteiger partial charge in [0.2, 0.25) is 0 Å². The quantitative estimate of drug-likeness (QED) is 0.670. The van der Waals surface area contributed by atoms with Gasteiger partial charge in [-0.3, -0.25) is 9.78 Å². The van der Waals surface area contributed by atoms with Crippen LogP contribution >= 0.6 is 11.6 Å². The highest BCUT2D eigenvalue weighted by molar-refractivity contribution is 6.31. The van der Waals surface area contributed by atoms with Crippen LogP contribution in [-0.2, 0) is 6.42 Å². The third-order valence-corrected chi connectivity index (χ3v) is 3.47. The van der Waals surface area contributed by atoms with E-state index in [1.54, 1.807) is 30.5 Å². The monoisotopic (exact) mass is 281 g/mol. The molecule has 0 aliphatic rings. The Bertz CT molecular complexity index is 777. The predicted molar refractivity (Wildman–Crippen MR) is 81.2 cm³/mol. The highest BCUT2D eigenvalue weighted by Crippen LogP contribution is 2.19. The molecule has 0 aliphatic heterocycles. The topological polar surface area (TPSA) is 30.0 Å². The number of nitrogens with zero attached hydrogens (tertiary/aromatic N) is 1. The lowest BCUT2D eigenvalue weighted by molar-refractivity contribution is 0.0993. The first-order valence-corrected chi connectivity index (χ1v) is 6.73. The summed E-state index contributed by atoms with van der Waals surface area (Å²) in [4.78, 5) is 16.6. The van der Waals surface area contributed by atoms with E-state index in [-0.39, 0.29) is 5.78 Å². The number of carbonyl (C=O) groups is 1. The summed E-state index contributed by atoms with van der Waals surface area (Å²) in [5, 5.41) is 1.60. The maximum absolute atomic E-state index is 12.3. The van der Waals surface area contributed by atoms with Gasteiger partial charge in [0, 0.05) is 28.6 Å². The Hall–Kier alpha value is -2.19. The maximum atomic E-state index is 12.3. The van der Waals surface area contributed by atoms with E-state index in [9.17, 15) is 4.79 Å². The summed E-state index contributed by atoms with van der Waals surface area (Å²) >= 11 is 5.92. The van der Waals surface area contributed by atoms with Gasteiger partial charge in [0.15, 0.2) is 5.78 Å². The number of aromatic nitrogens is 1. The average Bonchev–Trinajstić information content (AvgIpc) is 2.47. The van der Waals surface area contributed by atoms with Crippen molar-refractivity contribution in [1.82, 2.24) is 4.98 Å². The van der Waals surface area contributed by atoms with Gasteiger partial charge >= 0.3 is 0 Å². The number of carbonyl (C=O) groups excluding carboxylic acids is 1. The van der Waals surface area contributed by atoms with Crippen LogP contribution < -0.4 is 0 Å². The zero-order chi connectivity index (χ0) is 13.9. The number of benzene rings is 2. The Balaban J connectivity index is 1.95. The largest absolute Gasteiger partial charge is 0.294 e. The van der Waals surface area contributed by atoms with E-state index in [4.69, 9.17) is 11.6 Å².